The zero-order chi connectivity index (χ0) is 18.1. The molecule has 4 fully saturated rings. The molecule has 0 radical (unpaired) electrons. The number of rotatable bonds is 6. The summed E-state index contributed by atoms with van der Waals surface area (Å²) in [6.07, 6.45) is 10.6. The summed E-state index contributed by atoms with van der Waals surface area (Å²) in [5, 5.41) is 8.41. The number of nitrogens with one attached hydrogen (secondary N) is 2. The molecule has 0 aromatic carbocycles. The van der Waals surface area contributed by atoms with Crippen molar-refractivity contribution in [2.75, 3.05) is 18.4 Å². The maximum Gasteiger partial charge on any atom is 0.318 e. The lowest BCUT2D eigenvalue weighted by molar-refractivity contribution is -0.116. The summed E-state index contributed by atoms with van der Waals surface area (Å²) >= 11 is 1.36. The molecule has 2 N–H and O–H groups in total. The van der Waals surface area contributed by atoms with E-state index in [4.69, 9.17) is 0 Å². The third-order valence-electron chi connectivity index (χ3n) is 6.06. The topological polar surface area (TPSA) is 74.3 Å². The highest BCUT2D eigenvalue weighted by molar-refractivity contribution is 7.13. The lowest BCUT2D eigenvalue weighted by atomic mass is 9.53. The number of urea groups is 1. The van der Waals surface area contributed by atoms with Gasteiger partial charge in [0, 0.05) is 23.7 Å². The number of carbonyl (C=O) groups is 2. The first-order valence-corrected chi connectivity index (χ1v) is 10.3. The van der Waals surface area contributed by atoms with Crippen LogP contribution in [0.15, 0.2) is 24.2 Å². The standard InChI is InChI=1S/C19H26N4O2S/c1-2-4-23(12-16(24)21-17-20-3-5-26-17)18(25)22-19-9-13-6-14(10-19)8-15(7-13)11-19/h2-3,5,13-15H,1,4,6-12H2,(H,22,25)(H,20,21,24). The molecule has 4 aliphatic rings. The predicted molar refractivity (Wildman–Crippen MR) is 102 cm³/mol. The first-order chi connectivity index (χ1) is 12.5. The molecule has 5 rings (SSSR count). The number of anilines is 1. The highest BCUT2D eigenvalue weighted by Crippen LogP contribution is 2.55. The van der Waals surface area contributed by atoms with Gasteiger partial charge in [-0.1, -0.05) is 6.08 Å². The molecular weight excluding hydrogens is 348 g/mol. The molecule has 1 aromatic heterocycles. The quantitative estimate of drug-likeness (QED) is 0.751. The maximum atomic E-state index is 12.9. The Bertz CT molecular complexity index is 652. The summed E-state index contributed by atoms with van der Waals surface area (Å²) in [6, 6.07) is -0.152. The van der Waals surface area contributed by atoms with E-state index in [1.165, 1.54) is 35.5 Å². The van der Waals surface area contributed by atoms with Gasteiger partial charge in [0.15, 0.2) is 5.13 Å². The van der Waals surface area contributed by atoms with Crippen LogP contribution in [0.4, 0.5) is 9.93 Å². The summed E-state index contributed by atoms with van der Waals surface area (Å²) in [5.41, 5.74) is -0.0585. The fraction of sp³-hybridized carbons (Fsp3) is 0.632. The van der Waals surface area contributed by atoms with Crippen LogP contribution in [0.2, 0.25) is 0 Å². The molecule has 1 heterocycles. The van der Waals surface area contributed by atoms with E-state index >= 15 is 0 Å². The number of hydrogen-bond acceptors (Lipinski definition) is 4. The summed E-state index contributed by atoms with van der Waals surface area (Å²) in [4.78, 5) is 30.8. The van der Waals surface area contributed by atoms with Crippen LogP contribution < -0.4 is 10.6 Å². The van der Waals surface area contributed by atoms with Crippen LogP contribution in [-0.2, 0) is 4.79 Å². The van der Waals surface area contributed by atoms with Crippen molar-refractivity contribution in [1.29, 1.82) is 0 Å². The zero-order valence-electron chi connectivity index (χ0n) is 14.9. The lowest BCUT2D eigenvalue weighted by Gasteiger charge is -2.57. The molecule has 0 aliphatic heterocycles. The van der Waals surface area contributed by atoms with Crippen LogP contribution in [0.1, 0.15) is 38.5 Å². The van der Waals surface area contributed by atoms with Crippen LogP contribution in [0.3, 0.4) is 0 Å². The fourth-order valence-corrected chi connectivity index (χ4v) is 6.11. The average Bonchev–Trinajstić information content (AvgIpc) is 3.05. The third-order valence-corrected chi connectivity index (χ3v) is 6.75. The first-order valence-electron chi connectivity index (χ1n) is 9.42. The van der Waals surface area contributed by atoms with Gasteiger partial charge in [0.2, 0.25) is 5.91 Å². The monoisotopic (exact) mass is 374 g/mol. The van der Waals surface area contributed by atoms with Crippen molar-refractivity contribution >= 4 is 28.4 Å². The molecule has 4 saturated carbocycles. The summed E-state index contributed by atoms with van der Waals surface area (Å²) in [6.45, 7) is 4.08. The van der Waals surface area contributed by atoms with Gasteiger partial charge in [-0.05, 0) is 56.3 Å². The van der Waals surface area contributed by atoms with Crippen molar-refractivity contribution in [2.45, 2.75) is 44.1 Å². The number of thiazole rings is 1. The average molecular weight is 375 g/mol. The van der Waals surface area contributed by atoms with E-state index in [9.17, 15) is 9.59 Å². The van der Waals surface area contributed by atoms with Crippen LogP contribution in [-0.4, -0.2) is 40.5 Å². The van der Waals surface area contributed by atoms with E-state index in [0.717, 1.165) is 37.0 Å². The van der Waals surface area contributed by atoms with Gasteiger partial charge >= 0.3 is 6.03 Å². The molecular formula is C19H26N4O2S. The molecule has 4 bridgehead atoms. The largest absolute Gasteiger partial charge is 0.333 e. The second-order valence-corrected chi connectivity index (χ2v) is 9.08. The van der Waals surface area contributed by atoms with Gasteiger partial charge in [0.25, 0.3) is 0 Å². The number of amides is 3. The molecule has 140 valence electrons. The van der Waals surface area contributed by atoms with Gasteiger partial charge in [-0.2, -0.15) is 0 Å². The fourth-order valence-electron chi connectivity index (χ4n) is 5.56. The van der Waals surface area contributed by atoms with Gasteiger partial charge < -0.3 is 15.5 Å². The number of hydrogen-bond donors (Lipinski definition) is 2. The van der Waals surface area contributed by atoms with Crippen LogP contribution >= 0.6 is 11.3 Å². The summed E-state index contributed by atoms with van der Waals surface area (Å²) in [7, 11) is 0. The Balaban J connectivity index is 1.39. The highest BCUT2D eigenvalue weighted by Gasteiger charge is 2.51. The maximum absolute atomic E-state index is 12.9. The smallest absolute Gasteiger partial charge is 0.318 e. The third kappa shape index (κ3) is 3.63. The second-order valence-electron chi connectivity index (χ2n) is 8.18. The van der Waals surface area contributed by atoms with E-state index < -0.39 is 0 Å². The minimum absolute atomic E-state index is 0.00377. The Kier molecular flexibility index (Phi) is 4.73. The molecule has 3 amide bonds. The Labute approximate surface area is 158 Å². The number of aromatic nitrogens is 1. The van der Waals surface area contributed by atoms with E-state index in [1.54, 1.807) is 17.7 Å². The second kappa shape index (κ2) is 7.02. The van der Waals surface area contributed by atoms with E-state index in [2.05, 4.69) is 22.2 Å². The van der Waals surface area contributed by atoms with Crippen molar-refractivity contribution in [1.82, 2.24) is 15.2 Å². The normalized spacial score (nSPS) is 31.5. The molecule has 7 heteroatoms. The van der Waals surface area contributed by atoms with Crippen molar-refractivity contribution in [3.8, 4) is 0 Å². The van der Waals surface area contributed by atoms with Gasteiger partial charge in [0.05, 0.1) is 0 Å². The Morgan fingerprint density at radius 2 is 1.92 bits per heavy atom. The Hall–Kier alpha value is -1.89. The van der Waals surface area contributed by atoms with Gasteiger partial charge in [-0.15, -0.1) is 17.9 Å². The Morgan fingerprint density at radius 1 is 1.27 bits per heavy atom. The van der Waals surface area contributed by atoms with Gasteiger partial charge in [0.1, 0.15) is 6.54 Å². The predicted octanol–water partition coefficient (Wildman–Crippen LogP) is 3.25. The SMILES string of the molecule is C=CCN(CC(=O)Nc1nccs1)C(=O)NC12CC3CC(CC(C3)C1)C2. The first kappa shape index (κ1) is 17.5. The van der Waals surface area contributed by atoms with E-state index in [-0.39, 0.29) is 24.0 Å². The van der Waals surface area contributed by atoms with Crippen molar-refractivity contribution in [2.24, 2.45) is 17.8 Å². The number of carbonyl (C=O) groups excluding carboxylic acids is 2. The van der Waals surface area contributed by atoms with Crippen LogP contribution in [0.5, 0.6) is 0 Å². The molecule has 0 unspecified atom stereocenters. The lowest BCUT2D eigenvalue weighted by Crippen LogP contribution is -2.62. The van der Waals surface area contributed by atoms with E-state index in [0.29, 0.717) is 11.7 Å². The van der Waals surface area contributed by atoms with Gasteiger partial charge in [-0.3, -0.25) is 4.79 Å². The summed E-state index contributed by atoms with van der Waals surface area (Å²) in [5.74, 6) is 2.07. The molecule has 26 heavy (non-hydrogen) atoms. The van der Waals surface area contributed by atoms with E-state index in [1.807, 2.05) is 0 Å². The van der Waals surface area contributed by atoms with Crippen molar-refractivity contribution in [3.63, 3.8) is 0 Å². The molecule has 0 atom stereocenters. The molecule has 0 saturated heterocycles. The van der Waals surface area contributed by atoms with Gasteiger partial charge in [-0.25, -0.2) is 9.78 Å². The summed E-state index contributed by atoms with van der Waals surface area (Å²) < 4.78 is 0. The molecule has 4 aliphatic carbocycles. The minimum atomic E-state index is -0.234. The van der Waals surface area contributed by atoms with Crippen molar-refractivity contribution in [3.05, 3.63) is 24.2 Å². The Morgan fingerprint density at radius 3 is 2.46 bits per heavy atom. The highest BCUT2D eigenvalue weighted by atomic mass is 32.1. The van der Waals surface area contributed by atoms with Crippen LogP contribution in [0.25, 0.3) is 0 Å². The van der Waals surface area contributed by atoms with Crippen LogP contribution in [0, 0.1) is 17.8 Å². The zero-order valence-corrected chi connectivity index (χ0v) is 15.8. The molecule has 1 aromatic rings. The minimum Gasteiger partial charge on any atom is -0.333 e. The molecule has 0 spiro atoms. The number of nitrogens with zero attached hydrogens (tertiary/aromatic N) is 2. The molecule has 6 nitrogen and oxygen atoms in total. The van der Waals surface area contributed by atoms with Crippen molar-refractivity contribution < 1.29 is 9.59 Å².